The van der Waals surface area contributed by atoms with E-state index in [-0.39, 0.29) is 6.54 Å². The zero-order valence-corrected chi connectivity index (χ0v) is 14.1. The second-order valence-electron chi connectivity index (χ2n) is 6.14. The van der Waals surface area contributed by atoms with Gasteiger partial charge in [0.2, 0.25) is 0 Å². The fraction of sp³-hybridized carbons (Fsp3) is 0.300. The van der Waals surface area contributed by atoms with Crippen molar-refractivity contribution in [3.05, 3.63) is 65.7 Å². The number of anilines is 1. The summed E-state index contributed by atoms with van der Waals surface area (Å²) in [4.78, 5) is 15.4. The first kappa shape index (κ1) is 17.2. The Bertz CT molecular complexity index is 738. The molecule has 1 heterocycles. The molecule has 3 N–H and O–H groups in total. The van der Waals surface area contributed by atoms with Crippen LogP contribution in [-0.2, 0) is 4.79 Å². The Labute approximate surface area is 147 Å². The van der Waals surface area contributed by atoms with E-state index in [4.69, 9.17) is 5.11 Å². The predicted molar refractivity (Wildman–Crippen MR) is 101 cm³/mol. The van der Waals surface area contributed by atoms with Crippen LogP contribution in [0.3, 0.4) is 0 Å². The Balaban J connectivity index is 1.95. The minimum atomic E-state index is -0.933. The van der Waals surface area contributed by atoms with E-state index in [2.05, 4.69) is 15.6 Å². The van der Waals surface area contributed by atoms with Crippen LogP contribution >= 0.6 is 0 Å². The monoisotopic (exact) mass is 337 g/mol. The van der Waals surface area contributed by atoms with E-state index in [1.54, 1.807) is 0 Å². The van der Waals surface area contributed by atoms with Crippen molar-refractivity contribution >= 4 is 17.4 Å². The zero-order valence-electron chi connectivity index (χ0n) is 14.1. The van der Waals surface area contributed by atoms with Crippen molar-refractivity contribution in [2.24, 2.45) is 4.99 Å². The number of piperidine rings is 1. The summed E-state index contributed by atoms with van der Waals surface area (Å²) in [6.45, 7) is 1.78. The number of para-hydroxylation sites is 1. The third kappa shape index (κ3) is 4.67. The van der Waals surface area contributed by atoms with Gasteiger partial charge in [-0.25, -0.2) is 0 Å². The molecule has 2 aromatic rings. The largest absolute Gasteiger partial charge is 0.480 e. The second kappa shape index (κ2) is 8.44. The van der Waals surface area contributed by atoms with E-state index in [0.29, 0.717) is 11.8 Å². The average Bonchev–Trinajstić information content (AvgIpc) is 2.65. The highest BCUT2D eigenvalue weighted by Gasteiger charge is 2.17. The van der Waals surface area contributed by atoms with E-state index >= 15 is 0 Å². The number of benzene rings is 2. The molecule has 0 saturated carbocycles. The lowest BCUT2D eigenvalue weighted by atomic mass is 9.99. The molecule has 0 atom stereocenters. The molecule has 25 heavy (non-hydrogen) atoms. The maximum absolute atomic E-state index is 11.0. The number of carbonyl (C=O) groups is 1. The Morgan fingerprint density at radius 3 is 2.48 bits per heavy atom. The molecule has 5 nitrogen and oxygen atoms in total. The molecule has 2 aromatic carbocycles. The van der Waals surface area contributed by atoms with Gasteiger partial charge in [0, 0.05) is 22.9 Å². The summed E-state index contributed by atoms with van der Waals surface area (Å²) in [6, 6.07) is 18.1. The van der Waals surface area contributed by atoms with Crippen LogP contribution in [0.5, 0.6) is 0 Å². The first-order chi connectivity index (χ1) is 12.2. The summed E-state index contributed by atoms with van der Waals surface area (Å²) < 4.78 is 0. The highest BCUT2D eigenvalue weighted by molar-refractivity contribution is 6.16. The van der Waals surface area contributed by atoms with Gasteiger partial charge >= 0.3 is 5.97 Å². The quantitative estimate of drug-likeness (QED) is 0.709. The lowest BCUT2D eigenvalue weighted by molar-refractivity contribution is -0.135. The fourth-order valence-electron chi connectivity index (χ4n) is 3.08. The minimum Gasteiger partial charge on any atom is -0.480 e. The number of hydrogen-bond acceptors (Lipinski definition) is 4. The average molecular weight is 337 g/mol. The maximum Gasteiger partial charge on any atom is 0.325 e. The summed E-state index contributed by atoms with van der Waals surface area (Å²) in [6.07, 6.45) is 2.14. The van der Waals surface area contributed by atoms with Crippen molar-refractivity contribution < 1.29 is 9.90 Å². The van der Waals surface area contributed by atoms with Crippen LogP contribution in [0.15, 0.2) is 59.6 Å². The number of nitrogens with one attached hydrogen (secondary N) is 2. The van der Waals surface area contributed by atoms with Gasteiger partial charge in [-0.2, -0.15) is 0 Å². The van der Waals surface area contributed by atoms with Gasteiger partial charge in [-0.1, -0.05) is 48.5 Å². The summed E-state index contributed by atoms with van der Waals surface area (Å²) in [5, 5.41) is 16.0. The third-order valence-electron chi connectivity index (χ3n) is 4.30. The minimum absolute atomic E-state index is 0.244. The van der Waals surface area contributed by atoms with Crippen LogP contribution in [0, 0.1) is 0 Å². The topological polar surface area (TPSA) is 73.7 Å². The van der Waals surface area contributed by atoms with E-state index in [0.717, 1.165) is 42.7 Å². The second-order valence-corrected chi connectivity index (χ2v) is 6.14. The van der Waals surface area contributed by atoms with Gasteiger partial charge in [0.05, 0.1) is 5.71 Å². The third-order valence-corrected chi connectivity index (χ3v) is 4.30. The number of carboxylic acids is 1. The van der Waals surface area contributed by atoms with E-state index in [9.17, 15) is 4.79 Å². The van der Waals surface area contributed by atoms with Crippen molar-refractivity contribution in [3.63, 3.8) is 0 Å². The van der Waals surface area contributed by atoms with Crippen LogP contribution in [-0.4, -0.2) is 42.5 Å². The summed E-state index contributed by atoms with van der Waals surface area (Å²) in [5.41, 5.74) is 3.57. The molecule has 130 valence electrons. The number of rotatable bonds is 6. The van der Waals surface area contributed by atoms with Crippen LogP contribution in [0.2, 0.25) is 0 Å². The van der Waals surface area contributed by atoms with E-state index < -0.39 is 5.97 Å². The first-order valence-corrected chi connectivity index (χ1v) is 8.62. The fourth-order valence-corrected chi connectivity index (χ4v) is 3.08. The molecule has 1 aliphatic heterocycles. The summed E-state index contributed by atoms with van der Waals surface area (Å²) >= 11 is 0. The van der Waals surface area contributed by atoms with Gasteiger partial charge in [0.15, 0.2) is 0 Å². The first-order valence-electron chi connectivity index (χ1n) is 8.62. The molecule has 1 fully saturated rings. The molecule has 0 aliphatic carbocycles. The molecular formula is C20H23N3O2. The van der Waals surface area contributed by atoms with Crippen molar-refractivity contribution in [3.8, 4) is 0 Å². The van der Waals surface area contributed by atoms with Gasteiger partial charge in [-0.05, 0) is 32.0 Å². The van der Waals surface area contributed by atoms with Gasteiger partial charge < -0.3 is 15.7 Å². The van der Waals surface area contributed by atoms with Gasteiger partial charge in [0.25, 0.3) is 0 Å². The van der Waals surface area contributed by atoms with Crippen LogP contribution < -0.4 is 10.6 Å². The van der Waals surface area contributed by atoms with Gasteiger partial charge in [0.1, 0.15) is 6.54 Å². The molecular weight excluding hydrogens is 314 g/mol. The van der Waals surface area contributed by atoms with Gasteiger partial charge in [-0.3, -0.25) is 9.79 Å². The highest BCUT2D eigenvalue weighted by atomic mass is 16.4. The molecule has 1 aliphatic rings. The Morgan fingerprint density at radius 1 is 1.08 bits per heavy atom. The Hall–Kier alpha value is -2.66. The maximum atomic E-state index is 11.0. The van der Waals surface area contributed by atoms with E-state index in [1.807, 2.05) is 54.6 Å². The smallest absolute Gasteiger partial charge is 0.325 e. The normalized spacial score (nSPS) is 15.8. The lowest BCUT2D eigenvalue weighted by Gasteiger charge is -2.26. The van der Waals surface area contributed by atoms with Crippen molar-refractivity contribution in [2.75, 3.05) is 25.0 Å². The molecule has 0 bridgehead atoms. The number of aliphatic imine (C=N–C) groups is 1. The Kier molecular flexibility index (Phi) is 5.80. The van der Waals surface area contributed by atoms with Crippen LogP contribution in [0.25, 0.3) is 0 Å². The molecule has 5 heteroatoms. The summed E-state index contributed by atoms with van der Waals surface area (Å²) in [7, 11) is 0. The molecule has 0 unspecified atom stereocenters. The number of carboxylic acid groups (broad SMARTS) is 1. The zero-order chi connectivity index (χ0) is 17.5. The summed E-state index contributed by atoms with van der Waals surface area (Å²) in [5.74, 6) is -0.933. The number of hydrogen-bond donors (Lipinski definition) is 3. The molecule has 0 radical (unpaired) electrons. The molecule has 1 saturated heterocycles. The molecule has 0 amide bonds. The van der Waals surface area contributed by atoms with Crippen LogP contribution in [0.1, 0.15) is 24.0 Å². The number of aliphatic carboxylic acids is 1. The molecule has 0 aromatic heterocycles. The highest BCUT2D eigenvalue weighted by Crippen LogP contribution is 2.22. The van der Waals surface area contributed by atoms with Crippen molar-refractivity contribution in [1.29, 1.82) is 0 Å². The molecule has 0 spiro atoms. The number of nitrogens with zero attached hydrogens (tertiary/aromatic N) is 1. The lowest BCUT2D eigenvalue weighted by Crippen LogP contribution is -2.35. The van der Waals surface area contributed by atoms with Crippen molar-refractivity contribution in [1.82, 2.24) is 5.32 Å². The SMILES string of the molecule is O=C(O)C/N=C(\c1ccccc1)c1ccccc1NC1CCNCC1. The van der Waals surface area contributed by atoms with Gasteiger partial charge in [-0.15, -0.1) is 0 Å². The standard InChI is InChI=1S/C20H23N3O2/c24-19(25)14-22-20(15-6-2-1-3-7-15)17-8-4-5-9-18(17)23-16-10-12-21-13-11-16/h1-9,16,21,23H,10-14H2,(H,24,25)/b22-20+. The van der Waals surface area contributed by atoms with Crippen molar-refractivity contribution in [2.45, 2.75) is 18.9 Å². The van der Waals surface area contributed by atoms with E-state index in [1.165, 1.54) is 0 Å². The predicted octanol–water partition coefficient (Wildman–Crippen LogP) is 2.77. The van der Waals surface area contributed by atoms with Crippen LogP contribution in [0.4, 0.5) is 5.69 Å². The molecule has 3 rings (SSSR count). The Morgan fingerprint density at radius 2 is 1.76 bits per heavy atom.